The molecular weight excluding hydrogens is 357 g/mol. The van der Waals surface area contributed by atoms with E-state index < -0.39 is 17.6 Å². The van der Waals surface area contributed by atoms with Crippen molar-refractivity contribution in [3.05, 3.63) is 64.9 Å². The van der Waals surface area contributed by atoms with Crippen LogP contribution in [0.5, 0.6) is 0 Å². The number of alkyl halides is 3. The van der Waals surface area contributed by atoms with Crippen LogP contribution in [0, 0.1) is 11.3 Å². The lowest BCUT2D eigenvalue weighted by Gasteiger charge is -2.14. The van der Waals surface area contributed by atoms with Gasteiger partial charge in [-0.2, -0.15) is 18.4 Å². The first-order chi connectivity index (χ1) is 12.8. The summed E-state index contributed by atoms with van der Waals surface area (Å²) in [7, 11) is 0. The second kappa shape index (κ2) is 7.16. The monoisotopic (exact) mass is 372 g/mol. The molecule has 0 aliphatic rings. The molecular formula is C20H15F3N2O2. The molecule has 1 amide bonds. The molecule has 0 spiro atoms. The highest BCUT2D eigenvalue weighted by molar-refractivity contribution is 6.06. The lowest BCUT2D eigenvalue weighted by atomic mass is 10.0. The Balaban J connectivity index is 1.88. The largest absolute Gasteiger partial charge is 0.446 e. The van der Waals surface area contributed by atoms with E-state index in [4.69, 9.17) is 9.68 Å². The first-order valence-electron chi connectivity index (χ1n) is 8.27. The predicted octanol–water partition coefficient (Wildman–Crippen LogP) is 5.53. The molecule has 0 atom stereocenters. The van der Waals surface area contributed by atoms with E-state index in [2.05, 4.69) is 5.32 Å². The first kappa shape index (κ1) is 18.5. The minimum atomic E-state index is -4.49. The van der Waals surface area contributed by atoms with Crippen LogP contribution in [0.1, 0.15) is 40.6 Å². The molecule has 3 aromatic rings. The number of carbonyl (C=O) groups excluding carboxylic acids is 1. The molecule has 0 aliphatic carbocycles. The summed E-state index contributed by atoms with van der Waals surface area (Å²) >= 11 is 0. The molecule has 1 heterocycles. The summed E-state index contributed by atoms with van der Waals surface area (Å²) in [5.74, 6) is -0.452. The van der Waals surface area contributed by atoms with Crippen LogP contribution in [0.15, 0.2) is 46.9 Å². The van der Waals surface area contributed by atoms with E-state index in [1.807, 2.05) is 6.07 Å². The number of rotatable bonds is 4. The molecule has 138 valence electrons. The lowest BCUT2D eigenvalue weighted by Crippen LogP contribution is -2.14. The molecule has 1 N–H and O–H groups in total. The van der Waals surface area contributed by atoms with E-state index in [0.717, 1.165) is 6.07 Å². The van der Waals surface area contributed by atoms with Gasteiger partial charge in [-0.25, -0.2) is 0 Å². The number of aryl methyl sites for hydroxylation is 1. The summed E-state index contributed by atoms with van der Waals surface area (Å²) in [6, 6.07) is 11.8. The summed E-state index contributed by atoms with van der Waals surface area (Å²) in [6.07, 6.45) is -3.60. The average molecular weight is 372 g/mol. The number of nitriles is 1. The van der Waals surface area contributed by atoms with Gasteiger partial charge < -0.3 is 9.73 Å². The highest BCUT2D eigenvalue weighted by atomic mass is 19.4. The fourth-order valence-electron chi connectivity index (χ4n) is 2.84. The molecule has 0 aliphatic heterocycles. The van der Waals surface area contributed by atoms with Crippen LogP contribution in [0.25, 0.3) is 11.0 Å². The minimum absolute atomic E-state index is 0.0597. The summed E-state index contributed by atoms with van der Waals surface area (Å²) < 4.78 is 45.1. The summed E-state index contributed by atoms with van der Waals surface area (Å²) in [5, 5.41) is 12.0. The molecule has 0 bridgehead atoms. The van der Waals surface area contributed by atoms with Crippen molar-refractivity contribution < 1.29 is 22.4 Å². The van der Waals surface area contributed by atoms with E-state index in [9.17, 15) is 18.0 Å². The van der Waals surface area contributed by atoms with E-state index in [-0.39, 0.29) is 22.6 Å². The molecule has 0 fully saturated rings. The zero-order chi connectivity index (χ0) is 19.6. The van der Waals surface area contributed by atoms with Crippen LogP contribution >= 0.6 is 0 Å². The van der Waals surface area contributed by atoms with Gasteiger partial charge in [0.1, 0.15) is 11.7 Å². The Morgan fingerprint density at radius 3 is 2.63 bits per heavy atom. The van der Waals surface area contributed by atoms with Gasteiger partial charge in [0.2, 0.25) is 5.76 Å². The quantitative estimate of drug-likeness (QED) is 0.655. The fourth-order valence-corrected chi connectivity index (χ4v) is 2.84. The molecule has 0 saturated carbocycles. The Bertz CT molecular complexity index is 1050. The minimum Gasteiger partial charge on any atom is -0.446 e. The molecule has 0 saturated heterocycles. The lowest BCUT2D eigenvalue weighted by molar-refractivity contribution is -0.138. The Labute approximate surface area is 153 Å². The van der Waals surface area contributed by atoms with Gasteiger partial charge in [0.15, 0.2) is 0 Å². The number of hydrogen-bond donors (Lipinski definition) is 1. The number of hydrogen-bond acceptors (Lipinski definition) is 3. The summed E-state index contributed by atoms with van der Waals surface area (Å²) in [6.45, 7) is 1.80. The first-order valence-corrected chi connectivity index (χ1v) is 8.27. The van der Waals surface area contributed by atoms with E-state index in [0.29, 0.717) is 23.8 Å². The maximum absolute atomic E-state index is 13.3. The molecule has 2 aromatic carbocycles. The number of nitrogens with one attached hydrogen (secondary N) is 1. The van der Waals surface area contributed by atoms with Gasteiger partial charge in [0.25, 0.3) is 5.91 Å². The van der Waals surface area contributed by atoms with Crippen LogP contribution < -0.4 is 5.32 Å². The van der Waals surface area contributed by atoms with Crippen LogP contribution in [-0.2, 0) is 12.6 Å². The third-order valence-corrected chi connectivity index (χ3v) is 4.08. The van der Waals surface area contributed by atoms with Gasteiger partial charge in [-0.1, -0.05) is 25.5 Å². The third kappa shape index (κ3) is 3.95. The average Bonchev–Trinajstić information content (AvgIpc) is 3.04. The van der Waals surface area contributed by atoms with Crippen molar-refractivity contribution in [3.8, 4) is 6.07 Å². The van der Waals surface area contributed by atoms with Gasteiger partial charge in [0.05, 0.1) is 5.56 Å². The van der Waals surface area contributed by atoms with Crippen molar-refractivity contribution in [2.45, 2.75) is 25.9 Å². The van der Waals surface area contributed by atoms with Gasteiger partial charge >= 0.3 is 6.18 Å². The molecule has 4 nitrogen and oxygen atoms in total. The molecule has 3 rings (SSSR count). The highest BCUT2D eigenvalue weighted by Crippen LogP contribution is 2.34. The number of nitrogens with zero attached hydrogens (tertiary/aromatic N) is 1. The van der Waals surface area contributed by atoms with Gasteiger partial charge in [0, 0.05) is 22.7 Å². The zero-order valence-electron chi connectivity index (χ0n) is 14.4. The number of halogens is 3. The Morgan fingerprint density at radius 1 is 1.19 bits per heavy atom. The highest BCUT2D eigenvalue weighted by Gasteiger charge is 2.33. The number of benzene rings is 2. The Hall–Kier alpha value is -3.27. The molecule has 1 aromatic heterocycles. The SMILES string of the molecule is CCCc1ccc(NC(=O)c2ccc3cc(C#N)oc3c2)cc1C(F)(F)F. The normalized spacial score (nSPS) is 11.4. The van der Waals surface area contributed by atoms with Crippen molar-refractivity contribution in [1.29, 1.82) is 5.26 Å². The zero-order valence-corrected chi connectivity index (χ0v) is 14.4. The topological polar surface area (TPSA) is 66.0 Å². The van der Waals surface area contributed by atoms with E-state index >= 15 is 0 Å². The molecule has 27 heavy (non-hydrogen) atoms. The maximum atomic E-state index is 13.3. The number of fused-ring (bicyclic) bond motifs is 1. The Morgan fingerprint density at radius 2 is 1.96 bits per heavy atom. The third-order valence-electron chi connectivity index (χ3n) is 4.08. The van der Waals surface area contributed by atoms with Crippen molar-refractivity contribution in [2.75, 3.05) is 5.32 Å². The van der Waals surface area contributed by atoms with Crippen molar-refractivity contribution in [3.63, 3.8) is 0 Å². The standard InChI is InChI=1S/C20H15F3N2O2/c1-2-3-12-6-7-15(10-17(12)20(21,22)23)25-19(26)14-5-4-13-8-16(11-24)27-18(13)9-14/h4-10H,2-3H2,1H3,(H,25,26). The fraction of sp³-hybridized carbons (Fsp3) is 0.200. The number of furan rings is 1. The Kier molecular flexibility index (Phi) is 4.91. The second-order valence-corrected chi connectivity index (χ2v) is 6.05. The van der Waals surface area contributed by atoms with Crippen molar-refractivity contribution in [1.82, 2.24) is 0 Å². The van der Waals surface area contributed by atoms with Gasteiger partial charge in [-0.15, -0.1) is 0 Å². The van der Waals surface area contributed by atoms with Gasteiger partial charge in [-0.3, -0.25) is 4.79 Å². The molecule has 0 unspecified atom stereocenters. The van der Waals surface area contributed by atoms with Gasteiger partial charge in [-0.05, 0) is 36.2 Å². The van der Waals surface area contributed by atoms with Crippen molar-refractivity contribution >= 4 is 22.6 Å². The summed E-state index contributed by atoms with van der Waals surface area (Å²) in [4.78, 5) is 12.4. The van der Waals surface area contributed by atoms with Crippen LogP contribution in [0.3, 0.4) is 0 Å². The van der Waals surface area contributed by atoms with E-state index in [1.165, 1.54) is 24.3 Å². The van der Waals surface area contributed by atoms with Crippen LogP contribution in [0.4, 0.5) is 18.9 Å². The smallest absolute Gasteiger partial charge is 0.416 e. The predicted molar refractivity (Wildman–Crippen MR) is 94.3 cm³/mol. The number of anilines is 1. The van der Waals surface area contributed by atoms with Crippen LogP contribution in [-0.4, -0.2) is 5.91 Å². The maximum Gasteiger partial charge on any atom is 0.416 e. The van der Waals surface area contributed by atoms with E-state index in [1.54, 1.807) is 19.1 Å². The van der Waals surface area contributed by atoms with Crippen LogP contribution in [0.2, 0.25) is 0 Å². The molecule has 0 radical (unpaired) electrons. The number of carbonyl (C=O) groups is 1. The second-order valence-electron chi connectivity index (χ2n) is 6.05. The number of amides is 1. The summed E-state index contributed by atoms with van der Waals surface area (Å²) in [5.41, 5.74) is 0.0803. The van der Waals surface area contributed by atoms with Crippen molar-refractivity contribution in [2.24, 2.45) is 0 Å². The molecule has 7 heteroatoms.